The number of hydrogen-bond acceptors (Lipinski definition) is 5. The second-order valence-corrected chi connectivity index (χ2v) is 6.92. The summed E-state index contributed by atoms with van der Waals surface area (Å²) in [6, 6.07) is 5.64. The average Bonchev–Trinajstić information content (AvgIpc) is 2.54. The van der Waals surface area contributed by atoms with Crippen LogP contribution in [0.5, 0.6) is 0 Å². The third-order valence-corrected chi connectivity index (χ3v) is 5.26. The number of benzene rings is 1. The van der Waals surface area contributed by atoms with Crippen molar-refractivity contribution in [3.63, 3.8) is 0 Å². The third kappa shape index (κ3) is 3.34. The van der Waals surface area contributed by atoms with E-state index in [1.54, 1.807) is 17.8 Å². The summed E-state index contributed by atoms with van der Waals surface area (Å²) in [5.74, 6) is 1.37. The Morgan fingerprint density at radius 1 is 1.45 bits per heavy atom. The summed E-state index contributed by atoms with van der Waals surface area (Å²) in [5, 5.41) is 10.1. The first-order valence-electron chi connectivity index (χ1n) is 7.50. The molecule has 1 fully saturated rings. The highest BCUT2D eigenvalue weighted by molar-refractivity contribution is 7.99. The maximum atomic E-state index is 12.1. The molecular formula is C16H20N2O3S. The van der Waals surface area contributed by atoms with Gasteiger partial charge in [0, 0.05) is 5.25 Å². The lowest BCUT2D eigenvalue weighted by molar-refractivity contribution is -0.0142. The highest BCUT2D eigenvalue weighted by Crippen LogP contribution is 2.26. The lowest BCUT2D eigenvalue weighted by Gasteiger charge is -2.27. The Morgan fingerprint density at radius 3 is 3.05 bits per heavy atom. The molecule has 0 amide bonds. The SMILES string of the molecule is Cc1cccc2c(=O)[nH]c(CSC3CCC(CO)OC3)nc12. The van der Waals surface area contributed by atoms with E-state index in [9.17, 15) is 4.79 Å². The lowest BCUT2D eigenvalue weighted by Crippen LogP contribution is -2.30. The number of para-hydroxylation sites is 1. The number of thioether (sulfide) groups is 1. The normalized spacial score (nSPS) is 22.1. The molecule has 0 saturated carbocycles. The maximum Gasteiger partial charge on any atom is 0.258 e. The molecule has 1 aliphatic rings. The molecule has 0 bridgehead atoms. The van der Waals surface area contributed by atoms with Gasteiger partial charge in [-0.25, -0.2) is 4.98 Å². The Hall–Kier alpha value is -1.37. The molecule has 2 N–H and O–H groups in total. The molecule has 1 aromatic carbocycles. The van der Waals surface area contributed by atoms with Gasteiger partial charge in [0.1, 0.15) is 5.82 Å². The minimum atomic E-state index is -0.0791. The number of aliphatic hydroxyl groups is 1. The number of H-pyrrole nitrogens is 1. The first-order valence-corrected chi connectivity index (χ1v) is 8.55. The fraction of sp³-hybridized carbons (Fsp3) is 0.500. The molecule has 2 aromatic rings. The standard InChI is InChI=1S/C16H20N2O3S/c1-10-3-2-4-13-15(10)17-14(18-16(13)20)9-22-12-6-5-11(7-19)21-8-12/h2-4,11-12,19H,5-9H2,1H3,(H,17,18,20). The molecule has 22 heavy (non-hydrogen) atoms. The number of aromatic amines is 1. The van der Waals surface area contributed by atoms with E-state index in [-0.39, 0.29) is 18.3 Å². The lowest BCUT2D eigenvalue weighted by atomic mass is 10.1. The van der Waals surface area contributed by atoms with Crippen molar-refractivity contribution < 1.29 is 9.84 Å². The van der Waals surface area contributed by atoms with Crippen LogP contribution in [0.2, 0.25) is 0 Å². The van der Waals surface area contributed by atoms with Gasteiger partial charge in [-0.05, 0) is 31.4 Å². The highest BCUT2D eigenvalue weighted by Gasteiger charge is 2.21. The van der Waals surface area contributed by atoms with Crippen LogP contribution in [0.15, 0.2) is 23.0 Å². The quantitative estimate of drug-likeness (QED) is 0.901. The van der Waals surface area contributed by atoms with Crippen molar-refractivity contribution >= 4 is 22.7 Å². The minimum Gasteiger partial charge on any atom is -0.394 e. The smallest absolute Gasteiger partial charge is 0.258 e. The van der Waals surface area contributed by atoms with Crippen molar-refractivity contribution in [3.8, 4) is 0 Å². The summed E-state index contributed by atoms with van der Waals surface area (Å²) in [6.07, 6.45) is 1.89. The number of aliphatic hydroxyl groups excluding tert-OH is 1. The predicted molar refractivity (Wildman–Crippen MR) is 88.2 cm³/mol. The summed E-state index contributed by atoms with van der Waals surface area (Å²) >= 11 is 1.75. The summed E-state index contributed by atoms with van der Waals surface area (Å²) in [7, 11) is 0. The van der Waals surface area contributed by atoms with Crippen LogP contribution in [-0.2, 0) is 10.5 Å². The van der Waals surface area contributed by atoms with Gasteiger partial charge in [-0.3, -0.25) is 4.79 Å². The average molecular weight is 320 g/mol. The van der Waals surface area contributed by atoms with Gasteiger partial charge in [0.15, 0.2) is 0 Å². The minimum absolute atomic E-state index is 0.0156. The predicted octanol–water partition coefficient (Wildman–Crippen LogP) is 2.00. The zero-order chi connectivity index (χ0) is 15.5. The number of nitrogens with zero attached hydrogens (tertiary/aromatic N) is 1. The van der Waals surface area contributed by atoms with Gasteiger partial charge in [0.25, 0.3) is 5.56 Å². The van der Waals surface area contributed by atoms with E-state index in [2.05, 4.69) is 9.97 Å². The molecule has 118 valence electrons. The Bertz CT molecular complexity index is 708. The fourth-order valence-corrected chi connectivity index (χ4v) is 3.68. The van der Waals surface area contributed by atoms with Gasteiger partial charge in [0.05, 0.1) is 36.0 Å². The van der Waals surface area contributed by atoms with Crippen LogP contribution in [-0.4, -0.2) is 39.6 Å². The molecule has 5 nitrogen and oxygen atoms in total. The number of fused-ring (bicyclic) bond motifs is 1. The van der Waals surface area contributed by atoms with Gasteiger partial charge >= 0.3 is 0 Å². The number of hydrogen-bond donors (Lipinski definition) is 2. The number of nitrogens with one attached hydrogen (secondary N) is 1. The van der Waals surface area contributed by atoms with E-state index >= 15 is 0 Å². The zero-order valence-corrected chi connectivity index (χ0v) is 13.4. The molecule has 1 aliphatic heterocycles. The summed E-state index contributed by atoms with van der Waals surface area (Å²) in [4.78, 5) is 19.6. The van der Waals surface area contributed by atoms with Crippen molar-refractivity contribution in [2.45, 2.75) is 36.9 Å². The van der Waals surface area contributed by atoms with E-state index < -0.39 is 0 Å². The molecule has 6 heteroatoms. The number of aromatic nitrogens is 2. The van der Waals surface area contributed by atoms with E-state index in [1.807, 2.05) is 19.1 Å². The van der Waals surface area contributed by atoms with Crippen molar-refractivity contribution in [2.24, 2.45) is 0 Å². The van der Waals surface area contributed by atoms with Crippen molar-refractivity contribution in [1.29, 1.82) is 0 Å². The Balaban J connectivity index is 1.70. The zero-order valence-electron chi connectivity index (χ0n) is 12.5. The summed E-state index contributed by atoms with van der Waals surface area (Å²) in [6.45, 7) is 2.71. The monoisotopic (exact) mass is 320 g/mol. The summed E-state index contributed by atoms with van der Waals surface area (Å²) < 4.78 is 5.58. The molecular weight excluding hydrogens is 300 g/mol. The topological polar surface area (TPSA) is 75.2 Å². The first kappa shape index (κ1) is 15.5. The van der Waals surface area contributed by atoms with E-state index in [0.717, 1.165) is 23.9 Å². The van der Waals surface area contributed by atoms with Gasteiger partial charge in [-0.1, -0.05) is 12.1 Å². The van der Waals surface area contributed by atoms with E-state index in [0.29, 0.717) is 28.8 Å². The summed E-state index contributed by atoms with van der Waals surface area (Å²) in [5.41, 5.74) is 1.72. The van der Waals surface area contributed by atoms with Crippen LogP contribution in [0.3, 0.4) is 0 Å². The number of aryl methyl sites for hydroxylation is 1. The van der Waals surface area contributed by atoms with Crippen molar-refractivity contribution in [2.75, 3.05) is 13.2 Å². The molecule has 2 unspecified atom stereocenters. The van der Waals surface area contributed by atoms with Crippen LogP contribution in [0.25, 0.3) is 10.9 Å². The number of ether oxygens (including phenoxy) is 1. The second kappa shape index (κ2) is 6.81. The molecule has 0 radical (unpaired) electrons. The van der Waals surface area contributed by atoms with Gasteiger partial charge in [-0.15, -0.1) is 11.8 Å². The maximum absolute atomic E-state index is 12.1. The van der Waals surface area contributed by atoms with Crippen LogP contribution in [0, 0.1) is 6.92 Å². The Morgan fingerprint density at radius 2 is 2.32 bits per heavy atom. The fourth-order valence-electron chi connectivity index (χ4n) is 2.67. The second-order valence-electron chi connectivity index (χ2n) is 5.63. The van der Waals surface area contributed by atoms with Crippen LogP contribution in [0.4, 0.5) is 0 Å². The molecule has 2 atom stereocenters. The van der Waals surface area contributed by atoms with E-state index in [1.165, 1.54) is 0 Å². The Kier molecular flexibility index (Phi) is 4.81. The van der Waals surface area contributed by atoms with Crippen LogP contribution in [0.1, 0.15) is 24.2 Å². The van der Waals surface area contributed by atoms with Gasteiger partial charge in [0.2, 0.25) is 0 Å². The molecule has 1 saturated heterocycles. The molecule has 1 aromatic heterocycles. The molecule has 3 rings (SSSR count). The van der Waals surface area contributed by atoms with Crippen LogP contribution >= 0.6 is 11.8 Å². The largest absolute Gasteiger partial charge is 0.394 e. The molecule has 0 aliphatic carbocycles. The van der Waals surface area contributed by atoms with Crippen molar-refractivity contribution in [1.82, 2.24) is 9.97 Å². The first-order chi connectivity index (χ1) is 10.7. The number of rotatable bonds is 4. The van der Waals surface area contributed by atoms with Gasteiger partial charge < -0.3 is 14.8 Å². The Labute approximate surface area is 133 Å². The van der Waals surface area contributed by atoms with Gasteiger partial charge in [-0.2, -0.15) is 0 Å². The molecule has 0 spiro atoms. The highest BCUT2D eigenvalue weighted by atomic mass is 32.2. The van der Waals surface area contributed by atoms with Crippen molar-refractivity contribution in [3.05, 3.63) is 39.9 Å². The van der Waals surface area contributed by atoms with E-state index in [4.69, 9.17) is 9.84 Å². The third-order valence-electron chi connectivity index (χ3n) is 3.97. The van der Waals surface area contributed by atoms with Crippen LogP contribution < -0.4 is 5.56 Å². The molecule has 2 heterocycles.